The van der Waals surface area contributed by atoms with Crippen LogP contribution < -0.4 is 0 Å². The van der Waals surface area contributed by atoms with Gasteiger partial charge in [-0.05, 0) is 0 Å². The Balaban J connectivity index is 3.31. The number of ether oxygens (including phenoxy) is 2. The molecule has 0 spiro atoms. The molecule has 0 radical (unpaired) electrons. The molecule has 0 bridgehead atoms. The highest BCUT2D eigenvalue weighted by Crippen LogP contribution is 2.00. The van der Waals surface area contributed by atoms with Crippen LogP contribution in [-0.4, -0.2) is 36.5 Å². The molecule has 0 aliphatic rings. The van der Waals surface area contributed by atoms with E-state index >= 15 is 0 Å². The number of alkyl halides is 3. The van der Waals surface area contributed by atoms with E-state index in [-0.39, 0.29) is 30.4 Å². The van der Waals surface area contributed by atoms with Gasteiger partial charge in [0, 0.05) is 5.88 Å². The van der Waals surface area contributed by atoms with Gasteiger partial charge < -0.3 is 9.47 Å². The monoisotopic (exact) mass is 234 g/mol. The summed E-state index contributed by atoms with van der Waals surface area (Å²) in [6.07, 6.45) is -0.772. The lowest BCUT2D eigenvalue weighted by Crippen LogP contribution is -2.16. The lowest BCUT2D eigenvalue weighted by Gasteiger charge is -2.06. The second-order valence-electron chi connectivity index (χ2n) is 1.85. The molecule has 0 saturated heterocycles. The molecule has 0 aliphatic carbocycles. The summed E-state index contributed by atoms with van der Waals surface area (Å²) < 4.78 is 9.05. The quantitative estimate of drug-likeness (QED) is 0.541. The van der Waals surface area contributed by atoms with Crippen LogP contribution >= 0.6 is 34.8 Å². The van der Waals surface area contributed by atoms with Gasteiger partial charge >= 0.3 is 6.16 Å². The smallest absolute Gasteiger partial charge is 0.433 e. The summed E-state index contributed by atoms with van der Waals surface area (Å²) in [5.41, 5.74) is 0. The Kier molecular flexibility index (Phi) is 7.86. The van der Waals surface area contributed by atoms with Crippen LogP contribution in [-0.2, 0) is 9.47 Å². The topological polar surface area (TPSA) is 35.5 Å². The summed E-state index contributed by atoms with van der Waals surface area (Å²) in [7, 11) is 0. The highest BCUT2D eigenvalue weighted by Gasteiger charge is 2.07. The van der Waals surface area contributed by atoms with E-state index in [1.807, 2.05) is 0 Å². The van der Waals surface area contributed by atoms with Crippen molar-refractivity contribution in [3.8, 4) is 0 Å². The summed E-state index contributed by atoms with van der Waals surface area (Å²) in [4.78, 5) is 10.6. The van der Waals surface area contributed by atoms with Gasteiger partial charge in [0.25, 0.3) is 0 Å². The van der Waals surface area contributed by atoms with E-state index in [0.717, 1.165) is 0 Å². The normalized spacial score (nSPS) is 12.2. The summed E-state index contributed by atoms with van der Waals surface area (Å²) in [6.45, 7) is 0.181. The van der Waals surface area contributed by atoms with Crippen molar-refractivity contribution in [2.45, 2.75) is 5.38 Å². The van der Waals surface area contributed by atoms with Gasteiger partial charge in [0.05, 0.1) is 11.3 Å². The van der Waals surface area contributed by atoms with Crippen LogP contribution in [0.5, 0.6) is 0 Å². The number of carbonyl (C=O) groups excluding carboxylic acids is 1. The fraction of sp³-hybridized carbons (Fsp3) is 0.833. The molecule has 3 nitrogen and oxygen atoms in total. The highest BCUT2D eigenvalue weighted by atomic mass is 35.5. The molecule has 1 atom stereocenters. The maximum Gasteiger partial charge on any atom is 0.508 e. The largest absolute Gasteiger partial charge is 0.508 e. The maximum absolute atomic E-state index is 10.6. The van der Waals surface area contributed by atoms with Gasteiger partial charge in [0.1, 0.15) is 13.2 Å². The molecular weight excluding hydrogens is 226 g/mol. The number of halogens is 3. The molecule has 0 amide bonds. The highest BCUT2D eigenvalue weighted by molar-refractivity contribution is 6.28. The van der Waals surface area contributed by atoms with Crippen LogP contribution in [0.15, 0.2) is 0 Å². The van der Waals surface area contributed by atoms with Crippen molar-refractivity contribution in [1.29, 1.82) is 0 Å². The minimum Gasteiger partial charge on any atom is -0.433 e. The molecular formula is C6H9Cl3O3. The van der Waals surface area contributed by atoms with E-state index in [1.165, 1.54) is 0 Å². The average Bonchev–Trinajstić information content (AvgIpc) is 2.10. The molecule has 0 aromatic carbocycles. The third-order valence-electron chi connectivity index (χ3n) is 0.847. The van der Waals surface area contributed by atoms with Crippen LogP contribution in [0.4, 0.5) is 4.79 Å². The SMILES string of the molecule is O=C(OCCCl)OCC(Cl)CCl. The van der Waals surface area contributed by atoms with Crippen LogP contribution in [0.25, 0.3) is 0 Å². The Morgan fingerprint density at radius 2 is 2.00 bits per heavy atom. The zero-order valence-electron chi connectivity index (χ0n) is 6.26. The zero-order valence-corrected chi connectivity index (χ0v) is 8.53. The molecule has 72 valence electrons. The van der Waals surface area contributed by atoms with Gasteiger partial charge in [-0.25, -0.2) is 4.79 Å². The van der Waals surface area contributed by atoms with Crippen molar-refractivity contribution in [3.05, 3.63) is 0 Å². The molecule has 0 rings (SSSR count). The minimum absolute atomic E-state index is 0.0478. The number of hydrogen-bond donors (Lipinski definition) is 0. The number of carbonyl (C=O) groups is 1. The Bertz CT molecular complexity index is 131. The molecule has 6 heteroatoms. The molecule has 0 aromatic heterocycles. The van der Waals surface area contributed by atoms with Crippen molar-refractivity contribution in [2.24, 2.45) is 0 Å². The van der Waals surface area contributed by atoms with Gasteiger partial charge in [0.2, 0.25) is 0 Å². The zero-order chi connectivity index (χ0) is 9.40. The van der Waals surface area contributed by atoms with Gasteiger partial charge in [0.15, 0.2) is 0 Å². The Hall–Kier alpha value is 0.140. The lowest BCUT2D eigenvalue weighted by molar-refractivity contribution is 0.0604. The third kappa shape index (κ3) is 6.83. The van der Waals surface area contributed by atoms with E-state index in [2.05, 4.69) is 9.47 Å². The molecule has 0 aromatic rings. The molecule has 0 fully saturated rings. The van der Waals surface area contributed by atoms with Crippen molar-refractivity contribution in [3.63, 3.8) is 0 Å². The first kappa shape index (κ1) is 12.1. The predicted octanol–water partition coefficient (Wildman–Crippen LogP) is 2.22. The fourth-order valence-electron chi connectivity index (χ4n) is 0.367. The van der Waals surface area contributed by atoms with Gasteiger partial charge in [-0.2, -0.15) is 0 Å². The Morgan fingerprint density at radius 1 is 1.33 bits per heavy atom. The van der Waals surface area contributed by atoms with E-state index in [4.69, 9.17) is 34.8 Å². The van der Waals surface area contributed by atoms with Crippen molar-refractivity contribution >= 4 is 41.0 Å². The first-order chi connectivity index (χ1) is 5.70. The van der Waals surface area contributed by atoms with E-state index in [9.17, 15) is 4.79 Å². The Morgan fingerprint density at radius 3 is 2.50 bits per heavy atom. The van der Waals surface area contributed by atoms with Crippen molar-refractivity contribution in [1.82, 2.24) is 0 Å². The molecule has 12 heavy (non-hydrogen) atoms. The van der Waals surface area contributed by atoms with Gasteiger partial charge in [-0.3, -0.25) is 0 Å². The predicted molar refractivity (Wildman–Crippen MR) is 48.4 cm³/mol. The molecule has 1 unspecified atom stereocenters. The van der Waals surface area contributed by atoms with E-state index in [1.54, 1.807) is 0 Å². The molecule has 0 N–H and O–H groups in total. The molecule has 0 heterocycles. The number of hydrogen-bond acceptors (Lipinski definition) is 3. The molecule has 0 aliphatic heterocycles. The molecule has 0 saturated carbocycles. The maximum atomic E-state index is 10.6. The van der Waals surface area contributed by atoms with Crippen molar-refractivity contribution in [2.75, 3.05) is 25.0 Å². The lowest BCUT2D eigenvalue weighted by atomic mass is 10.5. The van der Waals surface area contributed by atoms with E-state index in [0.29, 0.717) is 0 Å². The standard InChI is InChI=1S/C6H9Cl3O3/c7-1-2-11-6(10)12-4-5(9)3-8/h5H,1-4H2. The van der Waals surface area contributed by atoms with Gasteiger partial charge in [-0.1, -0.05) is 0 Å². The van der Waals surface area contributed by atoms with Crippen LogP contribution in [0, 0.1) is 0 Å². The van der Waals surface area contributed by atoms with Crippen molar-refractivity contribution < 1.29 is 14.3 Å². The fourth-order valence-corrected chi connectivity index (χ4v) is 0.596. The summed E-state index contributed by atoms with van der Waals surface area (Å²) in [5.74, 6) is 0.471. The average molecular weight is 235 g/mol. The summed E-state index contributed by atoms with van der Waals surface area (Å²) in [5, 5.41) is -0.379. The second-order valence-corrected chi connectivity index (χ2v) is 3.15. The number of rotatable bonds is 5. The summed E-state index contributed by atoms with van der Waals surface area (Å²) >= 11 is 16.2. The van der Waals surface area contributed by atoms with Crippen LogP contribution in [0.2, 0.25) is 0 Å². The second kappa shape index (κ2) is 7.77. The minimum atomic E-state index is -0.772. The van der Waals surface area contributed by atoms with E-state index < -0.39 is 6.16 Å². The van der Waals surface area contributed by atoms with Gasteiger partial charge in [-0.15, -0.1) is 34.8 Å². The first-order valence-corrected chi connectivity index (χ1v) is 4.76. The Labute approximate surface area is 85.9 Å². The summed E-state index contributed by atoms with van der Waals surface area (Å²) in [6, 6.07) is 0. The van der Waals surface area contributed by atoms with Crippen LogP contribution in [0.1, 0.15) is 0 Å². The van der Waals surface area contributed by atoms with Crippen LogP contribution in [0.3, 0.4) is 0 Å². The first-order valence-electron chi connectivity index (χ1n) is 3.26. The third-order valence-corrected chi connectivity index (χ3v) is 1.81.